The minimum Gasteiger partial charge on any atom is -0.328 e. The number of piperidine rings is 1. The number of hydrogen-bond acceptors (Lipinski definition) is 4. The molecule has 0 atom stereocenters. The lowest BCUT2D eigenvalue weighted by atomic mass is 10.1. The summed E-state index contributed by atoms with van der Waals surface area (Å²) in [4.78, 5) is 18.5. The van der Waals surface area contributed by atoms with Crippen LogP contribution in [0.2, 0.25) is 0 Å². The number of nitrogens with zero attached hydrogens (tertiary/aromatic N) is 3. The van der Waals surface area contributed by atoms with Crippen molar-refractivity contribution >= 4 is 11.0 Å². The van der Waals surface area contributed by atoms with Crippen LogP contribution in [0, 0.1) is 0 Å². The second kappa shape index (κ2) is 5.11. The fourth-order valence-electron chi connectivity index (χ4n) is 2.55. The van der Waals surface area contributed by atoms with Crippen LogP contribution < -0.4 is 11.3 Å². The summed E-state index contributed by atoms with van der Waals surface area (Å²) < 4.78 is 1.79. The van der Waals surface area contributed by atoms with Gasteiger partial charge in [-0.2, -0.15) is 0 Å². The Balaban J connectivity index is 1.92. The summed E-state index contributed by atoms with van der Waals surface area (Å²) in [7, 11) is 0. The minimum atomic E-state index is -0.0476. The number of rotatable bonds is 2. The number of hydrogen-bond donors (Lipinski definition) is 1. The number of para-hydroxylation sites is 2. The molecule has 1 fully saturated rings. The van der Waals surface area contributed by atoms with Crippen LogP contribution in [0.5, 0.6) is 0 Å². The summed E-state index contributed by atoms with van der Waals surface area (Å²) in [5.74, 6) is 0. The smallest absolute Gasteiger partial charge is 0.270 e. The van der Waals surface area contributed by atoms with Crippen LogP contribution >= 0.6 is 0 Å². The highest BCUT2D eigenvalue weighted by molar-refractivity contribution is 5.74. The van der Waals surface area contributed by atoms with Crippen molar-refractivity contribution in [2.45, 2.75) is 25.6 Å². The molecule has 3 rings (SSSR count). The molecule has 1 aromatic carbocycles. The van der Waals surface area contributed by atoms with E-state index in [9.17, 15) is 4.79 Å². The van der Waals surface area contributed by atoms with Gasteiger partial charge >= 0.3 is 0 Å². The van der Waals surface area contributed by atoms with Gasteiger partial charge < -0.3 is 5.73 Å². The number of fused-ring (bicyclic) bond motifs is 1. The minimum absolute atomic E-state index is 0.0476. The van der Waals surface area contributed by atoms with Gasteiger partial charge in [-0.05, 0) is 25.0 Å². The van der Waals surface area contributed by atoms with Crippen LogP contribution in [0.3, 0.4) is 0 Å². The Bertz CT molecular complexity index is 629. The first-order valence-corrected chi connectivity index (χ1v) is 6.66. The SMILES string of the molecule is NC1CCN(Cn2c(=O)cnc3ccccc32)CC1. The van der Waals surface area contributed by atoms with Gasteiger partial charge in [0.2, 0.25) is 0 Å². The maximum Gasteiger partial charge on any atom is 0.270 e. The van der Waals surface area contributed by atoms with Crippen molar-refractivity contribution in [3.63, 3.8) is 0 Å². The largest absolute Gasteiger partial charge is 0.328 e. The second-order valence-corrected chi connectivity index (χ2v) is 5.11. The Hall–Kier alpha value is -1.72. The lowest BCUT2D eigenvalue weighted by Crippen LogP contribution is -2.42. The Morgan fingerprint density at radius 1 is 1.26 bits per heavy atom. The van der Waals surface area contributed by atoms with Gasteiger partial charge in [-0.25, -0.2) is 4.98 Å². The highest BCUT2D eigenvalue weighted by atomic mass is 16.1. The lowest BCUT2D eigenvalue weighted by molar-refractivity contribution is 0.171. The Morgan fingerprint density at radius 2 is 2.00 bits per heavy atom. The van der Waals surface area contributed by atoms with Crippen molar-refractivity contribution in [2.75, 3.05) is 13.1 Å². The fourth-order valence-corrected chi connectivity index (χ4v) is 2.55. The zero-order valence-corrected chi connectivity index (χ0v) is 10.8. The van der Waals surface area contributed by atoms with Gasteiger partial charge in [0.25, 0.3) is 5.56 Å². The van der Waals surface area contributed by atoms with Gasteiger partial charge in [0.05, 0.1) is 23.9 Å². The summed E-state index contributed by atoms with van der Waals surface area (Å²) in [6.45, 7) is 2.52. The number of aromatic nitrogens is 2. The molecule has 0 unspecified atom stereocenters. The molecule has 1 aliphatic rings. The van der Waals surface area contributed by atoms with E-state index in [1.54, 1.807) is 4.57 Å². The molecule has 19 heavy (non-hydrogen) atoms. The predicted molar refractivity (Wildman–Crippen MR) is 74.8 cm³/mol. The second-order valence-electron chi connectivity index (χ2n) is 5.11. The van der Waals surface area contributed by atoms with E-state index in [-0.39, 0.29) is 5.56 Å². The van der Waals surface area contributed by atoms with E-state index in [1.807, 2.05) is 24.3 Å². The first-order valence-electron chi connectivity index (χ1n) is 6.66. The van der Waals surface area contributed by atoms with Crippen LogP contribution in [0.25, 0.3) is 11.0 Å². The van der Waals surface area contributed by atoms with E-state index < -0.39 is 0 Å². The van der Waals surface area contributed by atoms with Gasteiger partial charge in [0.15, 0.2) is 0 Å². The van der Waals surface area contributed by atoms with Crippen molar-refractivity contribution in [3.8, 4) is 0 Å². The number of benzene rings is 1. The van der Waals surface area contributed by atoms with Gasteiger partial charge in [-0.1, -0.05) is 12.1 Å². The van der Waals surface area contributed by atoms with E-state index in [4.69, 9.17) is 5.73 Å². The molecule has 0 aliphatic carbocycles. The van der Waals surface area contributed by atoms with E-state index in [1.165, 1.54) is 6.20 Å². The first kappa shape index (κ1) is 12.3. The lowest BCUT2D eigenvalue weighted by Gasteiger charge is -2.30. The highest BCUT2D eigenvalue weighted by Gasteiger charge is 2.17. The molecule has 5 heteroatoms. The molecule has 5 nitrogen and oxygen atoms in total. The van der Waals surface area contributed by atoms with Gasteiger partial charge in [0, 0.05) is 19.1 Å². The van der Waals surface area contributed by atoms with Gasteiger partial charge in [-0.15, -0.1) is 0 Å². The van der Waals surface area contributed by atoms with Crippen molar-refractivity contribution < 1.29 is 0 Å². The molecule has 0 radical (unpaired) electrons. The Morgan fingerprint density at radius 3 is 2.79 bits per heavy atom. The molecular weight excluding hydrogens is 240 g/mol. The van der Waals surface area contributed by atoms with E-state index in [0.717, 1.165) is 37.0 Å². The standard InChI is InChI=1S/C14H18N4O/c15-11-5-7-17(8-6-11)10-18-13-4-2-1-3-12(13)16-9-14(18)19/h1-4,9,11H,5-8,10,15H2. The fraction of sp³-hybridized carbons (Fsp3) is 0.429. The first-order chi connectivity index (χ1) is 9.24. The van der Waals surface area contributed by atoms with Crippen molar-refractivity contribution in [1.29, 1.82) is 0 Å². The van der Waals surface area contributed by atoms with Gasteiger partial charge in [0.1, 0.15) is 0 Å². The van der Waals surface area contributed by atoms with Crippen LogP contribution in [0.15, 0.2) is 35.3 Å². The zero-order valence-electron chi connectivity index (χ0n) is 10.8. The van der Waals surface area contributed by atoms with Gasteiger partial charge in [-0.3, -0.25) is 14.3 Å². The maximum absolute atomic E-state index is 12.0. The molecule has 0 saturated carbocycles. The molecule has 100 valence electrons. The summed E-state index contributed by atoms with van der Waals surface area (Å²) in [6, 6.07) is 8.05. The highest BCUT2D eigenvalue weighted by Crippen LogP contribution is 2.12. The normalized spacial score (nSPS) is 17.9. The van der Waals surface area contributed by atoms with Crippen molar-refractivity contribution in [2.24, 2.45) is 5.73 Å². The molecule has 1 aromatic heterocycles. The van der Waals surface area contributed by atoms with Crippen LogP contribution in [0.1, 0.15) is 12.8 Å². The topological polar surface area (TPSA) is 64.2 Å². The van der Waals surface area contributed by atoms with Crippen LogP contribution in [-0.4, -0.2) is 33.6 Å². The Labute approximate surface area is 111 Å². The third-order valence-corrected chi connectivity index (χ3v) is 3.73. The average Bonchev–Trinajstić information content (AvgIpc) is 2.44. The molecule has 1 saturated heterocycles. The molecule has 2 N–H and O–H groups in total. The number of likely N-dealkylation sites (tertiary alicyclic amines) is 1. The summed E-state index contributed by atoms with van der Waals surface area (Å²) in [5.41, 5.74) is 7.61. The summed E-state index contributed by atoms with van der Waals surface area (Å²) >= 11 is 0. The molecule has 0 amide bonds. The maximum atomic E-state index is 12.0. The molecule has 0 spiro atoms. The average molecular weight is 258 g/mol. The molecule has 2 aromatic rings. The molecule has 1 aliphatic heterocycles. The van der Waals surface area contributed by atoms with Crippen molar-refractivity contribution in [3.05, 3.63) is 40.8 Å². The third-order valence-electron chi connectivity index (χ3n) is 3.73. The van der Waals surface area contributed by atoms with E-state index in [0.29, 0.717) is 12.7 Å². The van der Waals surface area contributed by atoms with E-state index >= 15 is 0 Å². The summed E-state index contributed by atoms with van der Waals surface area (Å²) in [6.07, 6.45) is 3.40. The molecule has 2 heterocycles. The zero-order chi connectivity index (χ0) is 13.2. The molecular formula is C14H18N4O. The number of nitrogens with two attached hydrogens (primary N) is 1. The van der Waals surface area contributed by atoms with Crippen LogP contribution in [0.4, 0.5) is 0 Å². The predicted octanol–water partition coefficient (Wildman–Crippen LogP) is 0.777. The third kappa shape index (κ3) is 2.52. The summed E-state index contributed by atoms with van der Waals surface area (Å²) in [5, 5.41) is 0. The monoisotopic (exact) mass is 258 g/mol. The van der Waals surface area contributed by atoms with E-state index in [2.05, 4.69) is 9.88 Å². The molecule has 0 bridgehead atoms. The van der Waals surface area contributed by atoms with Crippen molar-refractivity contribution in [1.82, 2.24) is 14.5 Å². The quantitative estimate of drug-likeness (QED) is 0.864. The Kier molecular flexibility index (Phi) is 3.31. The van der Waals surface area contributed by atoms with Crippen LogP contribution in [-0.2, 0) is 6.67 Å².